The number of piperidine rings is 1. The largest absolute Gasteiger partial charge is 0.391 e. The van der Waals surface area contributed by atoms with Crippen molar-refractivity contribution < 1.29 is 26.4 Å². The first-order chi connectivity index (χ1) is 10.6. The summed E-state index contributed by atoms with van der Waals surface area (Å²) < 4.78 is 61.3. The van der Waals surface area contributed by atoms with Crippen LogP contribution in [0, 0.1) is 5.92 Å². The normalized spacial score (nSPS) is 27.8. The lowest BCUT2D eigenvalue weighted by Gasteiger charge is -2.37. The van der Waals surface area contributed by atoms with Crippen molar-refractivity contribution in [3.05, 3.63) is 0 Å². The average Bonchev–Trinajstić information content (AvgIpc) is 2.46. The molecule has 0 aromatic rings. The molecule has 2 rings (SSSR count). The number of hydrogen-bond donors (Lipinski definition) is 2. The van der Waals surface area contributed by atoms with Crippen LogP contribution in [0.25, 0.3) is 0 Å². The van der Waals surface area contributed by atoms with Crippen molar-refractivity contribution in [1.29, 1.82) is 0 Å². The van der Waals surface area contributed by atoms with Crippen LogP contribution in [0.1, 0.15) is 38.5 Å². The van der Waals surface area contributed by atoms with E-state index in [2.05, 4.69) is 10.6 Å². The first kappa shape index (κ1) is 21.5. The van der Waals surface area contributed by atoms with Crippen LogP contribution >= 0.6 is 12.4 Å². The lowest BCUT2D eigenvalue weighted by Crippen LogP contribution is -2.59. The second-order valence-electron chi connectivity index (χ2n) is 6.59. The quantitative estimate of drug-likeness (QED) is 0.768. The van der Waals surface area contributed by atoms with Gasteiger partial charge < -0.3 is 10.6 Å². The third-order valence-corrected chi connectivity index (χ3v) is 7.02. The van der Waals surface area contributed by atoms with Crippen molar-refractivity contribution in [1.82, 2.24) is 10.6 Å². The van der Waals surface area contributed by atoms with Crippen molar-refractivity contribution in [3.8, 4) is 0 Å². The topological polar surface area (TPSA) is 75.3 Å². The molecule has 2 aliphatic rings. The van der Waals surface area contributed by atoms with E-state index in [4.69, 9.17) is 0 Å². The number of alkyl halides is 3. The van der Waals surface area contributed by atoms with Crippen LogP contribution in [0.2, 0.25) is 0 Å². The molecule has 0 radical (unpaired) electrons. The highest BCUT2D eigenvalue weighted by molar-refractivity contribution is 7.92. The van der Waals surface area contributed by atoms with Crippen LogP contribution in [0.15, 0.2) is 0 Å². The third-order valence-electron chi connectivity index (χ3n) is 5.01. The Morgan fingerprint density at radius 1 is 1.21 bits per heavy atom. The summed E-state index contributed by atoms with van der Waals surface area (Å²) in [5, 5.41) is 5.60. The van der Waals surface area contributed by atoms with Crippen LogP contribution in [-0.2, 0) is 14.6 Å². The molecule has 2 atom stereocenters. The Hall–Kier alpha value is -0.540. The molecule has 1 amide bonds. The molecule has 10 heteroatoms. The molecular formula is C14H24ClF3N2O3S. The number of hydrogen-bond acceptors (Lipinski definition) is 4. The van der Waals surface area contributed by atoms with Crippen molar-refractivity contribution >= 4 is 28.2 Å². The Morgan fingerprint density at radius 3 is 2.29 bits per heavy atom. The molecule has 5 nitrogen and oxygen atoms in total. The number of amides is 1. The number of halogens is 4. The number of carbonyl (C=O) groups excluding carboxylic acids is 1. The minimum Gasteiger partial charge on any atom is -0.352 e. The zero-order valence-electron chi connectivity index (χ0n) is 13.5. The zero-order chi connectivity index (χ0) is 17.3. The molecule has 1 aliphatic heterocycles. The number of nitrogens with one attached hydrogen (secondary N) is 2. The van der Waals surface area contributed by atoms with E-state index in [1.54, 1.807) is 0 Å². The molecule has 2 unspecified atom stereocenters. The molecule has 0 bridgehead atoms. The number of sulfone groups is 1. The van der Waals surface area contributed by atoms with Crippen molar-refractivity contribution in [3.63, 3.8) is 0 Å². The first-order valence-electron chi connectivity index (χ1n) is 7.84. The number of carbonyl (C=O) groups is 1. The van der Waals surface area contributed by atoms with Crippen molar-refractivity contribution in [2.75, 3.05) is 19.3 Å². The van der Waals surface area contributed by atoms with Crippen LogP contribution in [0.5, 0.6) is 0 Å². The molecule has 0 aromatic heterocycles. The smallest absolute Gasteiger partial charge is 0.352 e. The van der Waals surface area contributed by atoms with E-state index >= 15 is 0 Å². The van der Waals surface area contributed by atoms with Gasteiger partial charge in [0.15, 0.2) is 14.6 Å². The summed E-state index contributed by atoms with van der Waals surface area (Å²) >= 11 is 0. The van der Waals surface area contributed by atoms with Gasteiger partial charge in [-0.15, -0.1) is 12.4 Å². The third kappa shape index (κ3) is 4.54. The number of rotatable bonds is 3. The minimum atomic E-state index is -4.27. The fraction of sp³-hybridized carbons (Fsp3) is 0.929. The Kier molecular flexibility index (Phi) is 6.97. The first-order valence-corrected chi connectivity index (χ1v) is 9.73. The van der Waals surface area contributed by atoms with Gasteiger partial charge in [0.05, 0.1) is 5.92 Å². The van der Waals surface area contributed by atoms with E-state index in [1.165, 1.54) is 0 Å². The van der Waals surface area contributed by atoms with E-state index in [1.807, 2.05) is 0 Å². The molecule has 1 saturated heterocycles. The highest BCUT2D eigenvalue weighted by atomic mass is 35.5. The SMILES string of the molecule is CS(=O)(=O)C1(C(=O)NC2CCCC(C(F)(F)F)C2)CCNCC1.Cl. The van der Waals surface area contributed by atoms with Gasteiger partial charge in [-0.25, -0.2) is 8.42 Å². The summed E-state index contributed by atoms with van der Waals surface area (Å²) in [6, 6.07) is -0.614. The van der Waals surface area contributed by atoms with E-state index in [0.29, 0.717) is 25.9 Å². The maximum atomic E-state index is 12.9. The summed E-state index contributed by atoms with van der Waals surface area (Å²) in [6.45, 7) is 0.798. The lowest BCUT2D eigenvalue weighted by molar-refractivity contribution is -0.184. The van der Waals surface area contributed by atoms with Crippen LogP contribution in [0.3, 0.4) is 0 Å². The van der Waals surface area contributed by atoms with E-state index < -0.39 is 38.6 Å². The van der Waals surface area contributed by atoms with Crippen LogP contribution < -0.4 is 10.6 Å². The molecule has 1 saturated carbocycles. The van der Waals surface area contributed by atoms with Crippen LogP contribution in [-0.4, -0.2) is 50.6 Å². The van der Waals surface area contributed by atoms with Crippen molar-refractivity contribution in [2.24, 2.45) is 5.92 Å². The van der Waals surface area contributed by atoms with Gasteiger partial charge in [-0.2, -0.15) is 13.2 Å². The molecule has 2 fully saturated rings. The zero-order valence-corrected chi connectivity index (χ0v) is 15.1. The van der Waals surface area contributed by atoms with Gasteiger partial charge >= 0.3 is 6.18 Å². The van der Waals surface area contributed by atoms with Gasteiger partial charge in [0.1, 0.15) is 0 Å². The Labute approximate surface area is 146 Å². The Balaban J connectivity index is 0.00000288. The summed E-state index contributed by atoms with van der Waals surface area (Å²) in [4.78, 5) is 12.6. The van der Waals surface area contributed by atoms with Crippen molar-refractivity contribution in [2.45, 2.75) is 55.5 Å². The fourth-order valence-electron chi connectivity index (χ4n) is 3.53. The standard InChI is InChI=1S/C14H23F3N2O3S.ClH/c1-23(21,22)13(5-7-18-8-6-13)12(20)19-11-4-2-3-10(9-11)14(15,16)17;/h10-11,18H,2-9H2,1H3,(H,19,20);1H. The highest BCUT2D eigenvalue weighted by Gasteiger charge is 2.50. The molecule has 142 valence electrons. The second kappa shape index (κ2) is 7.78. The average molecular weight is 393 g/mol. The van der Waals surface area contributed by atoms with Gasteiger partial charge in [0.2, 0.25) is 5.91 Å². The summed E-state index contributed by atoms with van der Waals surface area (Å²) in [5.41, 5.74) is 0. The second-order valence-corrected chi connectivity index (χ2v) is 8.92. The Bertz CT molecular complexity index is 548. The van der Waals surface area contributed by atoms with Gasteiger partial charge in [-0.1, -0.05) is 6.42 Å². The molecule has 0 spiro atoms. The molecule has 2 N–H and O–H groups in total. The van der Waals surface area contributed by atoms with Gasteiger partial charge in [-0.05, 0) is 45.2 Å². The summed E-state index contributed by atoms with van der Waals surface area (Å²) in [6.07, 6.45) is -2.23. The fourth-order valence-corrected chi connectivity index (χ4v) is 4.87. The molecule has 0 aromatic carbocycles. The van der Waals surface area contributed by atoms with E-state index in [9.17, 15) is 26.4 Å². The Morgan fingerprint density at radius 2 is 1.79 bits per heavy atom. The highest BCUT2D eigenvalue weighted by Crippen LogP contribution is 2.38. The molecular weight excluding hydrogens is 369 g/mol. The molecule has 1 heterocycles. The molecule has 1 aliphatic carbocycles. The van der Waals surface area contributed by atoms with Crippen LogP contribution in [0.4, 0.5) is 13.2 Å². The molecule has 24 heavy (non-hydrogen) atoms. The maximum absolute atomic E-state index is 12.9. The predicted octanol–water partition coefficient (Wildman–Crippen LogP) is 1.81. The van der Waals surface area contributed by atoms with E-state index in [0.717, 1.165) is 6.26 Å². The summed E-state index contributed by atoms with van der Waals surface area (Å²) in [5.74, 6) is -2.07. The van der Waals surface area contributed by atoms with Gasteiger partial charge in [0.25, 0.3) is 0 Å². The van der Waals surface area contributed by atoms with Gasteiger partial charge in [-0.3, -0.25) is 4.79 Å². The lowest BCUT2D eigenvalue weighted by atomic mass is 9.84. The van der Waals surface area contributed by atoms with Gasteiger partial charge in [0, 0.05) is 12.3 Å². The van der Waals surface area contributed by atoms with E-state index in [-0.39, 0.29) is 38.1 Å². The maximum Gasteiger partial charge on any atom is 0.391 e. The predicted molar refractivity (Wildman–Crippen MR) is 86.9 cm³/mol. The minimum absolute atomic E-state index is 0. The summed E-state index contributed by atoms with van der Waals surface area (Å²) in [7, 11) is -3.65. The monoisotopic (exact) mass is 392 g/mol.